The van der Waals surface area contributed by atoms with Crippen LogP contribution in [-0.4, -0.2) is 81.2 Å². The van der Waals surface area contributed by atoms with Crippen LogP contribution in [0.3, 0.4) is 0 Å². The summed E-state index contributed by atoms with van der Waals surface area (Å²) in [7, 11) is 0. The molecule has 0 spiro atoms. The molecular weight excluding hydrogens is 745 g/mol. The quantitative estimate of drug-likeness (QED) is 0.123. The van der Waals surface area contributed by atoms with Crippen molar-refractivity contribution in [2.24, 2.45) is 0 Å². The number of rotatable bonds is 11. The van der Waals surface area contributed by atoms with Crippen LogP contribution in [-0.2, 0) is 47.9 Å². The van der Waals surface area contributed by atoms with Gasteiger partial charge in [0.25, 0.3) is 5.91 Å². The predicted octanol–water partition coefficient (Wildman–Crippen LogP) is 5.75. The lowest BCUT2D eigenvalue weighted by Gasteiger charge is -2.25. The van der Waals surface area contributed by atoms with Crippen LogP contribution in [0, 0.1) is 6.57 Å². The van der Waals surface area contributed by atoms with Gasteiger partial charge >= 0.3 is 0 Å². The maximum Gasteiger partial charge on any atom is 0.255 e. The van der Waals surface area contributed by atoms with E-state index in [2.05, 4.69) is 10.2 Å². The Morgan fingerprint density at radius 2 is 1.02 bits per heavy atom. The maximum absolute atomic E-state index is 12.3. The summed E-state index contributed by atoms with van der Waals surface area (Å²) in [5.74, 6) is 2.14. The number of nitrogens with two attached hydrogens (primary N) is 2. The zero-order valence-electron chi connectivity index (χ0n) is 32.8. The van der Waals surface area contributed by atoms with Gasteiger partial charge in [-0.3, -0.25) is 19.2 Å². The number of ether oxygens (including phenoxy) is 6. The van der Waals surface area contributed by atoms with Crippen molar-refractivity contribution >= 4 is 46.0 Å². The summed E-state index contributed by atoms with van der Waals surface area (Å²) in [6.45, 7) is 13.2. The zero-order valence-corrected chi connectivity index (χ0v) is 32.8. The molecule has 4 aromatic carbocycles. The van der Waals surface area contributed by atoms with Crippen LogP contribution >= 0.6 is 0 Å². The number of amides is 1. The molecule has 1 amide bonds. The smallest absolute Gasteiger partial charge is 0.255 e. The number of fused-ring (bicyclic) bond motifs is 3. The van der Waals surface area contributed by atoms with Gasteiger partial charge in [-0.2, -0.15) is 0 Å². The van der Waals surface area contributed by atoms with E-state index in [-0.39, 0.29) is 61.4 Å². The van der Waals surface area contributed by atoms with Crippen LogP contribution in [0.2, 0.25) is 0 Å². The van der Waals surface area contributed by atoms with Crippen LogP contribution in [0.25, 0.3) is 4.85 Å². The fourth-order valence-corrected chi connectivity index (χ4v) is 6.06. The number of nitrogen functional groups attached to an aromatic ring is 2. The van der Waals surface area contributed by atoms with Crippen molar-refractivity contribution in [1.82, 2.24) is 0 Å². The minimum absolute atomic E-state index is 0.0155. The molecule has 3 heterocycles. The third-order valence-corrected chi connectivity index (χ3v) is 8.95. The van der Waals surface area contributed by atoms with Gasteiger partial charge in [0.2, 0.25) is 0 Å². The van der Waals surface area contributed by atoms with Gasteiger partial charge in [0, 0.05) is 60.1 Å². The highest BCUT2D eigenvalue weighted by molar-refractivity contribution is 6.04. The lowest BCUT2D eigenvalue weighted by molar-refractivity contribution is -0.125. The Bertz CT molecular complexity index is 2050. The molecule has 3 aliphatic rings. The number of hydrogen-bond donors (Lipinski definition) is 3. The van der Waals surface area contributed by atoms with Crippen molar-refractivity contribution in [3.05, 3.63) is 113 Å². The predicted molar refractivity (Wildman–Crippen MR) is 218 cm³/mol. The average molecular weight is 793 g/mol. The van der Waals surface area contributed by atoms with E-state index in [1.807, 2.05) is 42.5 Å². The third kappa shape index (κ3) is 13.2. The SMILES string of the molecule is CC(=O)COC1COc2cc(N)ccc2C1.CC(=O)COC1COc2cc(N)ccc2C1.[C-]#[N+]c1ccc(C(=O)Nc2ccc3c(c2)OCC(OCC(C)=O)C3)cc1. The summed E-state index contributed by atoms with van der Waals surface area (Å²) in [4.78, 5) is 48.2. The second kappa shape index (κ2) is 20.8. The number of hydrogen-bond acceptors (Lipinski definition) is 12. The average Bonchev–Trinajstić information content (AvgIpc) is 3.21. The Morgan fingerprint density at radius 1 is 0.621 bits per heavy atom. The number of carbonyl (C=O) groups is 4. The number of Topliss-reactive ketones (excluding diaryl/α,β-unsaturated/α-hetero) is 3. The number of ketones is 3. The van der Waals surface area contributed by atoms with Crippen LogP contribution in [0.15, 0.2) is 78.9 Å². The summed E-state index contributed by atoms with van der Waals surface area (Å²) in [6.07, 6.45) is 1.97. The molecule has 304 valence electrons. The molecule has 0 aromatic heterocycles. The lowest BCUT2D eigenvalue weighted by Crippen LogP contribution is -2.30. The van der Waals surface area contributed by atoms with Gasteiger partial charge < -0.3 is 45.2 Å². The molecule has 4 aromatic rings. The van der Waals surface area contributed by atoms with E-state index in [1.54, 1.807) is 36.4 Å². The second-order valence-electron chi connectivity index (χ2n) is 14.1. The monoisotopic (exact) mass is 792 g/mol. The molecule has 14 nitrogen and oxygen atoms in total. The van der Waals surface area contributed by atoms with Crippen molar-refractivity contribution in [3.8, 4) is 17.2 Å². The molecule has 0 aliphatic carbocycles. The first-order valence-electron chi connectivity index (χ1n) is 18.7. The lowest BCUT2D eigenvalue weighted by atomic mass is 10.0. The Morgan fingerprint density at radius 3 is 1.41 bits per heavy atom. The highest BCUT2D eigenvalue weighted by Crippen LogP contribution is 2.31. The molecule has 3 aliphatic heterocycles. The first-order valence-corrected chi connectivity index (χ1v) is 18.7. The topological polar surface area (TPSA) is 192 Å². The van der Waals surface area contributed by atoms with Crippen molar-refractivity contribution < 1.29 is 47.6 Å². The number of nitrogens with zero attached hydrogens (tertiary/aromatic N) is 1. The number of benzene rings is 4. The minimum atomic E-state index is -0.250. The van der Waals surface area contributed by atoms with Crippen molar-refractivity contribution in [1.29, 1.82) is 0 Å². The van der Waals surface area contributed by atoms with E-state index in [9.17, 15) is 19.2 Å². The van der Waals surface area contributed by atoms with E-state index in [0.29, 0.717) is 60.3 Å². The van der Waals surface area contributed by atoms with Crippen LogP contribution in [0.4, 0.5) is 22.7 Å². The molecule has 14 heteroatoms. The van der Waals surface area contributed by atoms with E-state index < -0.39 is 0 Å². The normalized spacial score (nSPS) is 17.2. The summed E-state index contributed by atoms with van der Waals surface area (Å²) in [5, 5.41) is 2.82. The highest BCUT2D eigenvalue weighted by Gasteiger charge is 2.23. The van der Waals surface area contributed by atoms with Crippen LogP contribution in [0.5, 0.6) is 17.2 Å². The molecule has 5 N–H and O–H groups in total. The minimum Gasteiger partial charge on any atom is -0.491 e. The van der Waals surface area contributed by atoms with E-state index in [1.165, 1.54) is 20.8 Å². The fourth-order valence-electron chi connectivity index (χ4n) is 6.06. The Kier molecular flexibility index (Phi) is 15.3. The van der Waals surface area contributed by atoms with Crippen molar-refractivity contribution in [2.45, 2.75) is 58.3 Å². The van der Waals surface area contributed by atoms with Gasteiger partial charge in [0.1, 0.15) is 56.9 Å². The van der Waals surface area contributed by atoms with Crippen LogP contribution < -0.4 is 31.0 Å². The molecule has 0 saturated heterocycles. The molecule has 0 radical (unpaired) electrons. The summed E-state index contributed by atoms with van der Waals surface area (Å²) < 4.78 is 33.1. The Balaban J connectivity index is 0.000000174. The Hall–Kier alpha value is -6.27. The van der Waals surface area contributed by atoms with Gasteiger partial charge in [-0.25, -0.2) is 4.85 Å². The highest BCUT2D eigenvalue weighted by atomic mass is 16.5. The number of anilines is 3. The first kappa shape index (κ1) is 42.9. The van der Waals surface area contributed by atoms with Gasteiger partial charge in [-0.15, -0.1) is 0 Å². The molecule has 0 saturated carbocycles. The second-order valence-corrected chi connectivity index (χ2v) is 14.1. The van der Waals surface area contributed by atoms with E-state index in [0.717, 1.165) is 41.0 Å². The standard InChI is InChI=1S/C20H18N2O4.2C12H15NO3/c1-13(23)11-25-18-9-15-5-8-17(10-19(15)26-12-18)22-20(24)14-3-6-16(21-2)7-4-14;2*1-8(14)6-15-11-4-9-2-3-10(13)5-12(9)16-7-11/h3-8,10,18H,9,11-12H2,1H3,(H,22,24);2*2-3,5,11H,4,6-7,13H2,1H3. The molecule has 58 heavy (non-hydrogen) atoms. The maximum atomic E-state index is 12.3. The van der Waals surface area contributed by atoms with Gasteiger partial charge in [0.05, 0.1) is 24.9 Å². The van der Waals surface area contributed by atoms with Crippen molar-refractivity contribution in [2.75, 3.05) is 56.4 Å². The van der Waals surface area contributed by atoms with E-state index >= 15 is 0 Å². The molecular formula is C44H48N4O10. The van der Waals surface area contributed by atoms with Gasteiger partial charge in [-0.05, 0) is 55.7 Å². The first-order chi connectivity index (χ1) is 27.8. The number of nitrogens with one attached hydrogen (secondary N) is 1. The summed E-state index contributed by atoms with van der Waals surface area (Å²) in [6, 6.07) is 23.1. The number of carbonyl (C=O) groups excluding carboxylic acids is 4. The largest absolute Gasteiger partial charge is 0.491 e. The van der Waals surface area contributed by atoms with Crippen LogP contribution in [0.1, 0.15) is 47.8 Å². The third-order valence-electron chi connectivity index (χ3n) is 8.95. The molecule has 0 fully saturated rings. The molecule has 3 atom stereocenters. The van der Waals surface area contributed by atoms with Gasteiger partial charge in [0.15, 0.2) is 23.0 Å². The Labute approximate surface area is 337 Å². The van der Waals surface area contributed by atoms with E-state index in [4.69, 9.17) is 46.5 Å². The molecule has 3 unspecified atom stereocenters. The summed E-state index contributed by atoms with van der Waals surface area (Å²) >= 11 is 0. The molecule has 0 bridgehead atoms. The van der Waals surface area contributed by atoms with Gasteiger partial charge in [-0.1, -0.05) is 42.5 Å². The van der Waals surface area contributed by atoms with Crippen molar-refractivity contribution in [3.63, 3.8) is 0 Å². The fraction of sp³-hybridized carbons (Fsp3) is 0.341. The zero-order chi connectivity index (χ0) is 41.6. The summed E-state index contributed by atoms with van der Waals surface area (Å²) in [5.41, 5.74) is 17.4. The molecule has 7 rings (SSSR count).